The van der Waals surface area contributed by atoms with Gasteiger partial charge in [0, 0.05) is 6.54 Å². The monoisotopic (exact) mass is 260 g/mol. The first-order valence-corrected chi connectivity index (χ1v) is 7.30. The molecule has 0 bridgehead atoms. The number of aliphatic carboxylic acids is 1. The second kappa shape index (κ2) is 7.42. The number of carboxylic acid groups (broad SMARTS) is 1. The van der Waals surface area contributed by atoms with Crippen molar-refractivity contribution in [2.45, 2.75) is 31.7 Å². The normalized spacial score (nSPS) is 16.3. The molecule has 0 aromatic carbocycles. The second-order valence-corrected chi connectivity index (χ2v) is 5.24. The highest BCUT2D eigenvalue weighted by Gasteiger charge is 2.37. The summed E-state index contributed by atoms with van der Waals surface area (Å²) in [6.07, 6.45) is 5.82. The van der Waals surface area contributed by atoms with E-state index in [4.69, 9.17) is 5.11 Å². The molecule has 1 aliphatic carbocycles. The van der Waals surface area contributed by atoms with Crippen molar-refractivity contribution < 1.29 is 14.7 Å². The van der Waals surface area contributed by atoms with Crippen LogP contribution >= 0.6 is 11.8 Å². The Morgan fingerprint density at radius 3 is 2.65 bits per heavy atom. The maximum absolute atomic E-state index is 11.4. The Balaban J connectivity index is 2.12. The molecule has 0 spiro atoms. The van der Waals surface area contributed by atoms with Crippen molar-refractivity contribution in [3.05, 3.63) is 0 Å². The second-order valence-electron chi connectivity index (χ2n) is 4.25. The molecule has 5 nitrogen and oxygen atoms in total. The molecule has 1 atom stereocenters. The first kappa shape index (κ1) is 14.2. The highest BCUT2D eigenvalue weighted by Crippen LogP contribution is 2.32. The minimum Gasteiger partial charge on any atom is -0.480 e. The van der Waals surface area contributed by atoms with Crippen LogP contribution in [-0.4, -0.2) is 41.7 Å². The van der Waals surface area contributed by atoms with Gasteiger partial charge in [0.05, 0.1) is 0 Å². The molecule has 0 aromatic rings. The average Bonchev–Trinajstić information content (AvgIpc) is 3.09. The van der Waals surface area contributed by atoms with E-state index in [0.717, 1.165) is 31.4 Å². The lowest BCUT2D eigenvalue weighted by Gasteiger charge is -2.14. The number of carbonyl (C=O) groups excluding carboxylic acids is 1. The Hall–Kier alpha value is -0.910. The van der Waals surface area contributed by atoms with E-state index < -0.39 is 12.0 Å². The smallest absolute Gasteiger partial charge is 0.326 e. The number of thioether (sulfide) groups is 1. The van der Waals surface area contributed by atoms with Crippen LogP contribution in [0.3, 0.4) is 0 Å². The third kappa shape index (κ3) is 5.81. The molecular weight excluding hydrogens is 240 g/mol. The summed E-state index contributed by atoms with van der Waals surface area (Å²) < 4.78 is 0. The number of unbranched alkanes of at least 4 members (excludes halogenated alkanes) is 1. The van der Waals surface area contributed by atoms with E-state index in [1.165, 1.54) is 0 Å². The van der Waals surface area contributed by atoms with Crippen molar-refractivity contribution in [3.63, 3.8) is 0 Å². The molecular formula is C11H20N2O3S. The lowest BCUT2D eigenvalue weighted by molar-refractivity contribution is -0.139. The summed E-state index contributed by atoms with van der Waals surface area (Å²) in [4.78, 5) is 22.3. The molecule has 3 N–H and O–H groups in total. The number of nitrogens with one attached hydrogen (secondary N) is 2. The van der Waals surface area contributed by atoms with E-state index in [1.54, 1.807) is 11.8 Å². The van der Waals surface area contributed by atoms with Gasteiger partial charge in [-0.05, 0) is 43.6 Å². The molecule has 6 heteroatoms. The zero-order valence-corrected chi connectivity index (χ0v) is 10.9. The minimum absolute atomic E-state index is 0.120. The molecule has 2 amide bonds. The molecule has 0 saturated heterocycles. The summed E-state index contributed by atoms with van der Waals surface area (Å²) in [6.45, 7) is 0.601. The molecule has 0 radical (unpaired) electrons. The van der Waals surface area contributed by atoms with Gasteiger partial charge in [0.2, 0.25) is 0 Å². The molecule has 0 aliphatic heterocycles. The fourth-order valence-electron chi connectivity index (χ4n) is 1.58. The highest BCUT2D eigenvalue weighted by atomic mass is 32.2. The van der Waals surface area contributed by atoms with Gasteiger partial charge in [-0.15, -0.1) is 0 Å². The molecule has 1 unspecified atom stereocenters. The number of carbonyl (C=O) groups is 2. The van der Waals surface area contributed by atoms with Crippen molar-refractivity contribution in [3.8, 4) is 0 Å². The molecule has 17 heavy (non-hydrogen) atoms. The molecule has 98 valence electrons. The van der Waals surface area contributed by atoms with Gasteiger partial charge in [0.25, 0.3) is 0 Å². The predicted octanol–water partition coefficient (Wildman–Crippen LogP) is 1.29. The van der Waals surface area contributed by atoms with Gasteiger partial charge in [-0.3, -0.25) is 0 Å². The SMILES string of the molecule is CSCCCCNC(=O)NC(C(=O)O)C1CC1. The summed E-state index contributed by atoms with van der Waals surface area (Å²) in [5, 5.41) is 14.1. The van der Waals surface area contributed by atoms with E-state index in [-0.39, 0.29) is 11.9 Å². The van der Waals surface area contributed by atoms with Crippen molar-refractivity contribution in [1.82, 2.24) is 10.6 Å². The van der Waals surface area contributed by atoms with Crippen LogP contribution in [0.15, 0.2) is 0 Å². The first-order chi connectivity index (χ1) is 8.15. The minimum atomic E-state index is -0.940. The van der Waals surface area contributed by atoms with Crippen LogP contribution in [0.5, 0.6) is 0 Å². The first-order valence-electron chi connectivity index (χ1n) is 5.91. The van der Waals surface area contributed by atoms with Crippen LogP contribution < -0.4 is 10.6 Å². The predicted molar refractivity (Wildman–Crippen MR) is 68.3 cm³/mol. The Bertz CT molecular complexity index is 269. The fraction of sp³-hybridized carbons (Fsp3) is 0.818. The van der Waals surface area contributed by atoms with Gasteiger partial charge >= 0.3 is 12.0 Å². The van der Waals surface area contributed by atoms with E-state index in [9.17, 15) is 9.59 Å². The number of hydrogen-bond donors (Lipinski definition) is 3. The van der Waals surface area contributed by atoms with Crippen LogP contribution in [0.4, 0.5) is 4.79 Å². The molecule has 1 saturated carbocycles. The molecule has 0 heterocycles. The highest BCUT2D eigenvalue weighted by molar-refractivity contribution is 7.98. The number of urea groups is 1. The molecule has 1 aliphatic rings. The molecule has 0 aromatic heterocycles. The number of amides is 2. The quantitative estimate of drug-likeness (QED) is 0.575. The zero-order chi connectivity index (χ0) is 12.7. The molecule has 1 fully saturated rings. The van der Waals surface area contributed by atoms with Gasteiger partial charge in [-0.25, -0.2) is 9.59 Å². The average molecular weight is 260 g/mol. The lowest BCUT2D eigenvalue weighted by atomic mass is 10.2. The zero-order valence-electron chi connectivity index (χ0n) is 10.1. The van der Waals surface area contributed by atoms with Crippen molar-refractivity contribution in [1.29, 1.82) is 0 Å². The lowest BCUT2D eigenvalue weighted by Crippen LogP contribution is -2.47. The summed E-state index contributed by atoms with van der Waals surface area (Å²) in [6, 6.07) is -1.09. The third-order valence-corrected chi connectivity index (χ3v) is 3.40. The summed E-state index contributed by atoms with van der Waals surface area (Å²) in [5.41, 5.74) is 0. The maximum Gasteiger partial charge on any atom is 0.326 e. The largest absolute Gasteiger partial charge is 0.480 e. The van der Waals surface area contributed by atoms with Crippen LogP contribution in [0.2, 0.25) is 0 Å². The summed E-state index contributed by atoms with van der Waals surface area (Å²) in [5.74, 6) is 0.267. The Morgan fingerprint density at radius 1 is 1.41 bits per heavy atom. The van der Waals surface area contributed by atoms with E-state index in [1.807, 2.05) is 6.26 Å². The van der Waals surface area contributed by atoms with E-state index in [2.05, 4.69) is 10.6 Å². The Morgan fingerprint density at radius 2 is 2.12 bits per heavy atom. The summed E-state index contributed by atoms with van der Waals surface area (Å²) >= 11 is 1.78. The van der Waals surface area contributed by atoms with Gasteiger partial charge in [-0.1, -0.05) is 0 Å². The van der Waals surface area contributed by atoms with E-state index in [0.29, 0.717) is 6.54 Å². The third-order valence-electron chi connectivity index (χ3n) is 2.71. The van der Waals surface area contributed by atoms with Crippen molar-refractivity contribution in [2.24, 2.45) is 5.92 Å². The van der Waals surface area contributed by atoms with Gasteiger partial charge in [-0.2, -0.15) is 11.8 Å². The Labute approximate surface area is 106 Å². The van der Waals surface area contributed by atoms with Gasteiger partial charge in [0.1, 0.15) is 6.04 Å². The standard InChI is InChI=1S/C11H20N2O3S/c1-17-7-3-2-6-12-11(16)13-9(10(14)15)8-4-5-8/h8-9H,2-7H2,1H3,(H,14,15)(H2,12,13,16). The fourth-order valence-corrected chi connectivity index (χ4v) is 2.07. The van der Waals surface area contributed by atoms with Crippen LogP contribution in [0.1, 0.15) is 25.7 Å². The van der Waals surface area contributed by atoms with Gasteiger partial charge in [0.15, 0.2) is 0 Å². The summed E-state index contributed by atoms with van der Waals surface area (Å²) in [7, 11) is 0. The van der Waals surface area contributed by atoms with Gasteiger partial charge < -0.3 is 15.7 Å². The molecule has 1 rings (SSSR count). The van der Waals surface area contributed by atoms with Crippen LogP contribution in [0.25, 0.3) is 0 Å². The van der Waals surface area contributed by atoms with Crippen LogP contribution in [-0.2, 0) is 4.79 Å². The van der Waals surface area contributed by atoms with Crippen LogP contribution in [0, 0.1) is 5.92 Å². The number of rotatable bonds is 8. The number of hydrogen-bond acceptors (Lipinski definition) is 3. The topological polar surface area (TPSA) is 78.4 Å². The number of carboxylic acids is 1. The van der Waals surface area contributed by atoms with Crippen molar-refractivity contribution in [2.75, 3.05) is 18.6 Å². The maximum atomic E-state index is 11.4. The van der Waals surface area contributed by atoms with E-state index >= 15 is 0 Å². The van der Waals surface area contributed by atoms with Crippen molar-refractivity contribution >= 4 is 23.8 Å². The Kier molecular flexibility index (Phi) is 6.18.